The average Bonchev–Trinajstić information content (AvgIpc) is 2.29. The molecule has 0 radical (unpaired) electrons. The van der Waals surface area contributed by atoms with Crippen molar-refractivity contribution in [3.8, 4) is 0 Å². The van der Waals surface area contributed by atoms with Crippen LogP contribution in [0, 0.1) is 5.41 Å². The van der Waals surface area contributed by atoms with Gasteiger partial charge in [0.2, 0.25) is 0 Å². The van der Waals surface area contributed by atoms with Crippen LogP contribution in [-0.2, 0) is 4.74 Å². The van der Waals surface area contributed by atoms with Gasteiger partial charge in [-0.3, -0.25) is 0 Å². The van der Waals surface area contributed by atoms with Gasteiger partial charge in [0.15, 0.2) is 0 Å². The minimum absolute atomic E-state index is 0.0216. The number of hydrogen-bond donors (Lipinski definition) is 1. The first-order chi connectivity index (χ1) is 7.47. The van der Waals surface area contributed by atoms with Crippen LogP contribution in [0.5, 0.6) is 0 Å². The Kier molecular flexibility index (Phi) is 4.81. The second-order valence-electron chi connectivity index (χ2n) is 6.11. The van der Waals surface area contributed by atoms with Gasteiger partial charge in [0.25, 0.3) is 0 Å². The molecule has 0 spiro atoms. The lowest BCUT2D eigenvalue weighted by Gasteiger charge is -2.44. The molecule has 0 aliphatic heterocycles. The Labute approximate surface area is 101 Å². The molecule has 0 aromatic rings. The summed E-state index contributed by atoms with van der Waals surface area (Å²) >= 11 is 0. The summed E-state index contributed by atoms with van der Waals surface area (Å²) in [5, 5.41) is 0. The lowest BCUT2D eigenvalue weighted by atomic mass is 9.71. The van der Waals surface area contributed by atoms with Crippen LogP contribution < -0.4 is 5.73 Å². The number of nitrogens with two attached hydrogens (primary N) is 1. The van der Waals surface area contributed by atoms with Crippen molar-refractivity contribution < 1.29 is 4.74 Å². The number of ether oxygens (including phenoxy) is 1. The van der Waals surface area contributed by atoms with Crippen molar-refractivity contribution in [3.05, 3.63) is 0 Å². The standard InChI is InChI=1S/C14H29NO/c1-5-12(6-2)16-14(11-15)9-7-13(3,4)8-10-14/h12H,5-11,15H2,1-4H3. The maximum atomic E-state index is 6.29. The second-order valence-corrected chi connectivity index (χ2v) is 6.11. The molecule has 2 heteroatoms. The quantitative estimate of drug-likeness (QED) is 0.780. The summed E-state index contributed by atoms with van der Waals surface area (Å²) in [7, 11) is 0. The van der Waals surface area contributed by atoms with Crippen molar-refractivity contribution >= 4 is 0 Å². The molecule has 1 rings (SSSR count). The molecule has 0 aromatic carbocycles. The van der Waals surface area contributed by atoms with Crippen LogP contribution in [0.4, 0.5) is 0 Å². The van der Waals surface area contributed by atoms with E-state index >= 15 is 0 Å². The summed E-state index contributed by atoms with van der Waals surface area (Å²) in [4.78, 5) is 0. The Morgan fingerprint density at radius 3 is 1.94 bits per heavy atom. The maximum absolute atomic E-state index is 6.29. The van der Waals surface area contributed by atoms with Gasteiger partial charge in [-0.15, -0.1) is 0 Å². The van der Waals surface area contributed by atoms with Crippen molar-refractivity contribution in [2.24, 2.45) is 11.1 Å². The monoisotopic (exact) mass is 227 g/mol. The molecule has 96 valence electrons. The van der Waals surface area contributed by atoms with Crippen LogP contribution in [-0.4, -0.2) is 18.2 Å². The van der Waals surface area contributed by atoms with Gasteiger partial charge in [0, 0.05) is 6.54 Å². The molecule has 0 atom stereocenters. The first-order valence-electron chi connectivity index (χ1n) is 6.85. The molecule has 0 aromatic heterocycles. The third kappa shape index (κ3) is 3.46. The van der Waals surface area contributed by atoms with Crippen LogP contribution in [0.1, 0.15) is 66.2 Å². The van der Waals surface area contributed by atoms with E-state index in [2.05, 4.69) is 27.7 Å². The van der Waals surface area contributed by atoms with Crippen LogP contribution in [0.25, 0.3) is 0 Å². The summed E-state index contributed by atoms with van der Waals surface area (Å²) in [6, 6.07) is 0. The summed E-state index contributed by atoms with van der Waals surface area (Å²) in [5.74, 6) is 0. The van der Waals surface area contributed by atoms with Crippen molar-refractivity contribution in [2.75, 3.05) is 6.54 Å². The highest BCUT2D eigenvalue weighted by Gasteiger charge is 2.39. The third-order valence-corrected chi connectivity index (χ3v) is 4.21. The van der Waals surface area contributed by atoms with E-state index in [9.17, 15) is 0 Å². The van der Waals surface area contributed by atoms with E-state index in [1.54, 1.807) is 0 Å². The normalized spacial score (nSPS) is 23.6. The maximum Gasteiger partial charge on any atom is 0.0808 e. The van der Waals surface area contributed by atoms with Gasteiger partial charge in [0.1, 0.15) is 0 Å². The molecule has 0 amide bonds. The molecule has 2 nitrogen and oxygen atoms in total. The predicted molar refractivity (Wildman–Crippen MR) is 69.5 cm³/mol. The lowest BCUT2D eigenvalue weighted by molar-refractivity contribution is -0.122. The van der Waals surface area contributed by atoms with E-state index in [4.69, 9.17) is 10.5 Å². The molecular formula is C14H29NO. The van der Waals surface area contributed by atoms with Crippen LogP contribution in [0.3, 0.4) is 0 Å². The first-order valence-corrected chi connectivity index (χ1v) is 6.85. The summed E-state index contributed by atoms with van der Waals surface area (Å²) in [6.07, 6.45) is 7.34. The average molecular weight is 227 g/mol. The van der Waals surface area contributed by atoms with Crippen molar-refractivity contribution in [1.29, 1.82) is 0 Å². The number of rotatable bonds is 5. The highest BCUT2D eigenvalue weighted by molar-refractivity contribution is 4.92. The van der Waals surface area contributed by atoms with Crippen LogP contribution in [0.15, 0.2) is 0 Å². The second kappa shape index (κ2) is 5.50. The minimum atomic E-state index is -0.0216. The Morgan fingerprint density at radius 1 is 1.06 bits per heavy atom. The third-order valence-electron chi connectivity index (χ3n) is 4.21. The van der Waals surface area contributed by atoms with Gasteiger partial charge >= 0.3 is 0 Å². The molecule has 2 N–H and O–H groups in total. The molecule has 0 bridgehead atoms. The molecule has 0 heterocycles. The lowest BCUT2D eigenvalue weighted by Crippen LogP contribution is -2.47. The molecule has 1 saturated carbocycles. The molecule has 1 aliphatic rings. The largest absolute Gasteiger partial charge is 0.370 e. The van der Waals surface area contributed by atoms with Crippen molar-refractivity contribution in [1.82, 2.24) is 0 Å². The van der Waals surface area contributed by atoms with E-state index in [1.807, 2.05) is 0 Å². The van der Waals surface area contributed by atoms with Gasteiger partial charge in [-0.2, -0.15) is 0 Å². The van der Waals surface area contributed by atoms with E-state index in [0.29, 0.717) is 18.1 Å². The van der Waals surface area contributed by atoms with Crippen molar-refractivity contribution in [2.45, 2.75) is 77.9 Å². The van der Waals surface area contributed by atoms with Crippen molar-refractivity contribution in [3.63, 3.8) is 0 Å². The Bertz CT molecular complexity index is 199. The van der Waals surface area contributed by atoms with Gasteiger partial charge in [0.05, 0.1) is 11.7 Å². The zero-order valence-corrected chi connectivity index (χ0v) is 11.5. The fraction of sp³-hybridized carbons (Fsp3) is 1.00. The van der Waals surface area contributed by atoms with E-state index in [0.717, 1.165) is 25.7 Å². The summed E-state index contributed by atoms with van der Waals surface area (Å²) < 4.78 is 6.29. The molecule has 1 fully saturated rings. The zero-order chi connectivity index (χ0) is 12.2. The molecule has 0 unspecified atom stereocenters. The van der Waals surface area contributed by atoms with Gasteiger partial charge in [-0.1, -0.05) is 27.7 Å². The van der Waals surface area contributed by atoms with E-state index in [-0.39, 0.29) is 5.60 Å². The van der Waals surface area contributed by atoms with E-state index < -0.39 is 0 Å². The number of hydrogen-bond acceptors (Lipinski definition) is 2. The molecule has 16 heavy (non-hydrogen) atoms. The Balaban J connectivity index is 2.58. The molecule has 0 saturated heterocycles. The van der Waals surface area contributed by atoms with Crippen LogP contribution >= 0.6 is 0 Å². The Hall–Kier alpha value is -0.0800. The molecular weight excluding hydrogens is 198 g/mol. The fourth-order valence-electron chi connectivity index (χ4n) is 2.56. The highest BCUT2D eigenvalue weighted by atomic mass is 16.5. The Morgan fingerprint density at radius 2 is 1.56 bits per heavy atom. The highest BCUT2D eigenvalue weighted by Crippen LogP contribution is 2.42. The minimum Gasteiger partial charge on any atom is -0.370 e. The van der Waals surface area contributed by atoms with Crippen LogP contribution in [0.2, 0.25) is 0 Å². The fourth-order valence-corrected chi connectivity index (χ4v) is 2.56. The predicted octanol–water partition coefficient (Wildman–Crippen LogP) is 3.49. The summed E-state index contributed by atoms with van der Waals surface area (Å²) in [5.41, 5.74) is 6.42. The SMILES string of the molecule is CCC(CC)OC1(CN)CCC(C)(C)CC1. The van der Waals surface area contributed by atoms with Gasteiger partial charge in [-0.25, -0.2) is 0 Å². The molecule has 1 aliphatic carbocycles. The zero-order valence-electron chi connectivity index (χ0n) is 11.5. The first kappa shape index (κ1) is 14.0. The topological polar surface area (TPSA) is 35.2 Å². The van der Waals surface area contributed by atoms with Gasteiger partial charge < -0.3 is 10.5 Å². The summed E-state index contributed by atoms with van der Waals surface area (Å²) in [6.45, 7) is 9.78. The van der Waals surface area contributed by atoms with E-state index in [1.165, 1.54) is 12.8 Å². The van der Waals surface area contributed by atoms with Gasteiger partial charge in [-0.05, 0) is 43.9 Å². The smallest absolute Gasteiger partial charge is 0.0808 e.